The largest absolute Gasteiger partial charge is 0.341 e. The Morgan fingerprint density at radius 3 is 3.06 bits per heavy atom. The summed E-state index contributed by atoms with van der Waals surface area (Å²) in [7, 11) is 2.05. The molecule has 0 spiro atoms. The smallest absolute Gasteiger partial charge is 0.205 e. The van der Waals surface area contributed by atoms with Gasteiger partial charge in [0.15, 0.2) is 0 Å². The van der Waals surface area contributed by atoms with Crippen molar-refractivity contribution in [1.82, 2.24) is 14.9 Å². The second kappa shape index (κ2) is 5.54. The van der Waals surface area contributed by atoms with Crippen LogP contribution in [0.3, 0.4) is 0 Å². The molecule has 96 valence electrons. The van der Waals surface area contributed by atoms with Crippen molar-refractivity contribution in [2.24, 2.45) is 0 Å². The number of likely N-dealkylation sites (N-methyl/N-ethyl adjacent to an activating group) is 1. The maximum atomic E-state index is 4.68. The van der Waals surface area contributed by atoms with Crippen molar-refractivity contribution in [2.75, 3.05) is 25.0 Å². The van der Waals surface area contributed by atoms with Gasteiger partial charge in [-0.1, -0.05) is 6.92 Å². The molecule has 1 aromatic heterocycles. The van der Waals surface area contributed by atoms with Crippen molar-refractivity contribution in [3.8, 4) is 0 Å². The molecule has 2 heterocycles. The van der Waals surface area contributed by atoms with Crippen molar-refractivity contribution in [1.29, 1.82) is 0 Å². The summed E-state index contributed by atoms with van der Waals surface area (Å²) in [5, 5.41) is 3.38. The van der Waals surface area contributed by atoms with Gasteiger partial charge >= 0.3 is 0 Å². The van der Waals surface area contributed by atoms with Crippen LogP contribution < -0.4 is 10.2 Å². The van der Waals surface area contributed by atoms with E-state index in [-0.39, 0.29) is 0 Å². The highest BCUT2D eigenvalue weighted by Gasteiger charge is 2.22. The standard InChI is InChI=1S/C13H24N4/c1-4-7-16-9-11(2)15-13(16)17-8-5-6-12(10-17)14-3/h9,12,14H,4-8,10H2,1-3H3. The molecule has 1 atom stereocenters. The molecule has 1 unspecified atom stereocenters. The van der Waals surface area contributed by atoms with Gasteiger partial charge in [0.05, 0.1) is 5.69 Å². The summed E-state index contributed by atoms with van der Waals surface area (Å²) >= 11 is 0. The predicted molar refractivity (Wildman–Crippen MR) is 71.5 cm³/mol. The van der Waals surface area contributed by atoms with Crippen LogP contribution in [0.2, 0.25) is 0 Å². The number of rotatable bonds is 4. The molecular weight excluding hydrogens is 212 g/mol. The number of aromatic nitrogens is 2. The van der Waals surface area contributed by atoms with Crippen LogP contribution in [0.25, 0.3) is 0 Å². The van der Waals surface area contributed by atoms with Gasteiger partial charge in [0, 0.05) is 31.9 Å². The Labute approximate surface area is 104 Å². The zero-order valence-corrected chi connectivity index (χ0v) is 11.2. The van der Waals surface area contributed by atoms with E-state index in [1.165, 1.54) is 12.8 Å². The summed E-state index contributed by atoms with van der Waals surface area (Å²) < 4.78 is 2.30. The third-order valence-electron chi connectivity index (χ3n) is 3.45. The van der Waals surface area contributed by atoms with Crippen molar-refractivity contribution in [2.45, 2.75) is 45.7 Å². The number of hydrogen-bond acceptors (Lipinski definition) is 3. The first-order valence-electron chi connectivity index (χ1n) is 6.70. The Morgan fingerprint density at radius 2 is 2.35 bits per heavy atom. The molecule has 17 heavy (non-hydrogen) atoms. The van der Waals surface area contributed by atoms with E-state index in [1.54, 1.807) is 0 Å². The van der Waals surface area contributed by atoms with Crippen LogP contribution in [0.1, 0.15) is 31.9 Å². The minimum Gasteiger partial charge on any atom is -0.341 e. The Morgan fingerprint density at radius 1 is 1.53 bits per heavy atom. The summed E-state index contributed by atoms with van der Waals surface area (Å²) in [4.78, 5) is 7.11. The van der Waals surface area contributed by atoms with Crippen LogP contribution in [-0.4, -0.2) is 35.7 Å². The number of nitrogens with zero attached hydrogens (tertiary/aromatic N) is 3. The predicted octanol–water partition coefficient (Wildman–Crippen LogP) is 1.79. The molecule has 1 saturated heterocycles. The number of aryl methyl sites for hydroxylation is 2. The first-order chi connectivity index (χ1) is 8.24. The third kappa shape index (κ3) is 2.80. The number of hydrogen-bond donors (Lipinski definition) is 1. The van der Waals surface area contributed by atoms with Gasteiger partial charge in [0.2, 0.25) is 5.95 Å². The maximum absolute atomic E-state index is 4.68. The van der Waals surface area contributed by atoms with Gasteiger partial charge < -0.3 is 14.8 Å². The second-order valence-corrected chi connectivity index (χ2v) is 4.95. The average molecular weight is 236 g/mol. The highest BCUT2D eigenvalue weighted by molar-refractivity contribution is 5.34. The van der Waals surface area contributed by atoms with Crippen molar-refractivity contribution < 1.29 is 0 Å². The zero-order valence-electron chi connectivity index (χ0n) is 11.2. The Balaban J connectivity index is 2.14. The lowest BCUT2D eigenvalue weighted by Gasteiger charge is -2.33. The summed E-state index contributed by atoms with van der Waals surface area (Å²) in [6.45, 7) is 7.58. The first kappa shape index (κ1) is 12.4. The Kier molecular flexibility index (Phi) is 4.05. The zero-order chi connectivity index (χ0) is 12.3. The molecular formula is C13H24N4. The number of nitrogens with one attached hydrogen (secondary N) is 1. The number of imidazole rings is 1. The SMILES string of the molecule is CCCn1cc(C)nc1N1CCCC(NC)C1. The van der Waals surface area contributed by atoms with E-state index in [1.807, 2.05) is 0 Å². The van der Waals surface area contributed by atoms with Crippen molar-refractivity contribution in [3.05, 3.63) is 11.9 Å². The van der Waals surface area contributed by atoms with Gasteiger partial charge in [-0.2, -0.15) is 0 Å². The Hall–Kier alpha value is -1.03. The van der Waals surface area contributed by atoms with Gasteiger partial charge in [-0.25, -0.2) is 4.98 Å². The molecule has 0 saturated carbocycles. The molecule has 0 amide bonds. The van der Waals surface area contributed by atoms with E-state index < -0.39 is 0 Å². The van der Waals surface area contributed by atoms with Gasteiger partial charge in [-0.15, -0.1) is 0 Å². The van der Waals surface area contributed by atoms with Crippen LogP contribution in [-0.2, 0) is 6.54 Å². The van der Waals surface area contributed by atoms with Crippen LogP contribution in [0.4, 0.5) is 5.95 Å². The molecule has 0 radical (unpaired) electrons. The molecule has 0 aliphatic carbocycles. The molecule has 1 aliphatic heterocycles. The Bertz CT molecular complexity index is 358. The van der Waals surface area contributed by atoms with Crippen molar-refractivity contribution in [3.63, 3.8) is 0 Å². The van der Waals surface area contributed by atoms with E-state index in [2.05, 4.69) is 46.9 Å². The van der Waals surface area contributed by atoms with Gasteiger partial charge in [0.1, 0.15) is 0 Å². The van der Waals surface area contributed by atoms with Gasteiger partial charge in [-0.3, -0.25) is 0 Å². The molecule has 1 fully saturated rings. The summed E-state index contributed by atoms with van der Waals surface area (Å²) in [6, 6.07) is 0.607. The van der Waals surface area contributed by atoms with Crippen molar-refractivity contribution >= 4 is 5.95 Å². The fourth-order valence-corrected chi connectivity index (χ4v) is 2.59. The normalized spacial score (nSPS) is 20.9. The minimum absolute atomic E-state index is 0.607. The monoisotopic (exact) mass is 236 g/mol. The average Bonchev–Trinajstić information content (AvgIpc) is 2.71. The highest BCUT2D eigenvalue weighted by atomic mass is 15.3. The first-order valence-corrected chi connectivity index (χ1v) is 6.70. The quantitative estimate of drug-likeness (QED) is 0.865. The van der Waals surface area contributed by atoms with Crippen LogP contribution in [0.15, 0.2) is 6.20 Å². The summed E-state index contributed by atoms with van der Waals surface area (Å²) in [6.07, 6.45) is 5.86. The molecule has 1 aromatic rings. The van der Waals surface area contributed by atoms with E-state index >= 15 is 0 Å². The maximum Gasteiger partial charge on any atom is 0.205 e. The number of anilines is 1. The lowest BCUT2D eigenvalue weighted by molar-refractivity contribution is 0.441. The molecule has 1 N–H and O–H groups in total. The second-order valence-electron chi connectivity index (χ2n) is 4.95. The molecule has 2 rings (SSSR count). The summed E-state index contributed by atoms with van der Waals surface area (Å²) in [5.74, 6) is 1.16. The van der Waals surface area contributed by atoms with E-state index in [9.17, 15) is 0 Å². The topological polar surface area (TPSA) is 33.1 Å². The molecule has 4 nitrogen and oxygen atoms in total. The van der Waals surface area contributed by atoms with E-state index in [0.29, 0.717) is 6.04 Å². The summed E-state index contributed by atoms with van der Waals surface area (Å²) in [5.41, 5.74) is 1.13. The molecule has 0 bridgehead atoms. The lowest BCUT2D eigenvalue weighted by Crippen LogP contribution is -2.45. The van der Waals surface area contributed by atoms with Gasteiger partial charge in [0.25, 0.3) is 0 Å². The molecule has 4 heteroatoms. The highest BCUT2D eigenvalue weighted by Crippen LogP contribution is 2.20. The van der Waals surface area contributed by atoms with E-state index in [4.69, 9.17) is 0 Å². The number of piperidine rings is 1. The lowest BCUT2D eigenvalue weighted by atomic mass is 10.1. The minimum atomic E-state index is 0.607. The fraction of sp³-hybridized carbons (Fsp3) is 0.769. The fourth-order valence-electron chi connectivity index (χ4n) is 2.59. The molecule has 0 aromatic carbocycles. The van der Waals surface area contributed by atoms with Crippen LogP contribution in [0.5, 0.6) is 0 Å². The van der Waals surface area contributed by atoms with E-state index in [0.717, 1.165) is 37.7 Å². The van der Waals surface area contributed by atoms with Gasteiger partial charge in [-0.05, 0) is 33.2 Å². The van der Waals surface area contributed by atoms with Crippen LogP contribution in [0, 0.1) is 6.92 Å². The third-order valence-corrected chi connectivity index (χ3v) is 3.45. The molecule has 1 aliphatic rings. The van der Waals surface area contributed by atoms with Crippen LogP contribution >= 0.6 is 0 Å².